The predicted molar refractivity (Wildman–Crippen MR) is 98.7 cm³/mol. The molecule has 1 aliphatic heterocycles. The topological polar surface area (TPSA) is 66.9 Å². The molecule has 162 valence electrons. The Morgan fingerprint density at radius 2 is 1.67 bits per heavy atom. The SMILES string of the molecule is O=C(COc1cccc(F)c1)N1CCN(S(=O)(=O)c2cccc(C(F)(F)F)c2)CC1. The minimum absolute atomic E-state index is 0.0591. The van der Waals surface area contributed by atoms with Crippen LogP contribution in [0.25, 0.3) is 0 Å². The van der Waals surface area contributed by atoms with Gasteiger partial charge in [0.25, 0.3) is 5.91 Å². The van der Waals surface area contributed by atoms with E-state index in [0.717, 1.165) is 28.6 Å². The van der Waals surface area contributed by atoms with Gasteiger partial charge in [-0.1, -0.05) is 12.1 Å². The lowest BCUT2D eigenvalue weighted by Gasteiger charge is -2.34. The van der Waals surface area contributed by atoms with Crippen LogP contribution in [0.2, 0.25) is 0 Å². The summed E-state index contributed by atoms with van der Waals surface area (Å²) in [6, 6.07) is 8.84. The van der Waals surface area contributed by atoms with E-state index in [0.29, 0.717) is 6.07 Å². The van der Waals surface area contributed by atoms with Crippen molar-refractivity contribution in [2.24, 2.45) is 0 Å². The molecule has 0 spiro atoms. The Hall–Kier alpha value is -2.66. The molecular formula is C19H18F4N2O4S. The van der Waals surface area contributed by atoms with Gasteiger partial charge in [-0.05, 0) is 30.3 Å². The number of halogens is 4. The van der Waals surface area contributed by atoms with Crippen molar-refractivity contribution in [3.63, 3.8) is 0 Å². The van der Waals surface area contributed by atoms with Crippen LogP contribution >= 0.6 is 0 Å². The molecule has 1 amide bonds. The maximum atomic E-state index is 13.1. The van der Waals surface area contributed by atoms with Crippen LogP contribution in [0, 0.1) is 5.82 Å². The number of nitrogens with zero attached hydrogens (tertiary/aromatic N) is 2. The number of carbonyl (C=O) groups excluding carboxylic acids is 1. The molecule has 0 unspecified atom stereocenters. The van der Waals surface area contributed by atoms with E-state index < -0.39 is 38.4 Å². The molecule has 2 aromatic carbocycles. The van der Waals surface area contributed by atoms with Crippen LogP contribution in [0.3, 0.4) is 0 Å². The lowest BCUT2D eigenvalue weighted by molar-refractivity contribution is -0.138. The summed E-state index contributed by atoms with van der Waals surface area (Å²) in [4.78, 5) is 13.2. The normalized spacial score (nSPS) is 15.8. The van der Waals surface area contributed by atoms with Crippen LogP contribution < -0.4 is 4.74 Å². The van der Waals surface area contributed by atoms with Crippen molar-refractivity contribution in [3.05, 3.63) is 59.9 Å². The second kappa shape index (κ2) is 8.60. The van der Waals surface area contributed by atoms with Crippen molar-refractivity contribution in [3.8, 4) is 5.75 Å². The molecular weight excluding hydrogens is 428 g/mol. The molecule has 0 atom stereocenters. The van der Waals surface area contributed by atoms with E-state index in [-0.39, 0.29) is 38.5 Å². The van der Waals surface area contributed by atoms with Gasteiger partial charge in [0.1, 0.15) is 11.6 Å². The molecule has 1 saturated heterocycles. The number of amides is 1. The number of alkyl halides is 3. The van der Waals surface area contributed by atoms with Gasteiger partial charge in [0, 0.05) is 32.2 Å². The summed E-state index contributed by atoms with van der Waals surface area (Å²) in [5.74, 6) is -0.724. The van der Waals surface area contributed by atoms with Crippen LogP contribution in [-0.4, -0.2) is 56.3 Å². The van der Waals surface area contributed by atoms with Crippen molar-refractivity contribution in [2.75, 3.05) is 32.8 Å². The van der Waals surface area contributed by atoms with E-state index in [1.165, 1.54) is 23.1 Å². The minimum Gasteiger partial charge on any atom is -0.484 e. The van der Waals surface area contributed by atoms with Gasteiger partial charge >= 0.3 is 6.18 Å². The lowest BCUT2D eigenvalue weighted by Crippen LogP contribution is -2.51. The van der Waals surface area contributed by atoms with Gasteiger partial charge in [-0.25, -0.2) is 12.8 Å². The van der Waals surface area contributed by atoms with Crippen molar-refractivity contribution < 1.29 is 35.5 Å². The molecule has 2 aromatic rings. The molecule has 3 rings (SSSR count). The quantitative estimate of drug-likeness (QED) is 0.663. The zero-order valence-electron chi connectivity index (χ0n) is 15.6. The van der Waals surface area contributed by atoms with Crippen LogP contribution in [0.1, 0.15) is 5.56 Å². The number of piperazine rings is 1. The third-order valence-corrected chi connectivity index (χ3v) is 6.44. The highest BCUT2D eigenvalue weighted by molar-refractivity contribution is 7.89. The number of benzene rings is 2. The maximum absolute atomic E-state index is 13.1. The predicted octanol–water partition coefficient (Wildman–Crippen LogP) is 2.76. The number of sulfonamides is 1. The summed E-state index contributed by atoms with van der Waals surface area (Å²) in [7, 11) is -4.13. The Morgan fingerprint density at radius 3 is 2.30 bits per heavy atom. The minimum atomic E-state index is -4.65. The standard InChI is InChI=1S/C19H18F4N2O4S/c20-15-4-2-5-16(12-15)29-13-18(26)24-7-9-25(10-8-24)30(27,28)17-6-1-3-14(11-17)19(21,22)23/h1-6,11-12H,7-10,13H2. The first kappa shape index (κ1) is 22.0. The van der Waals surface area contributed by atoms with Crippen LogP contribution in [0.5, 0.6) is 5.75 Å². The van der Waals surface area contributed by atoms with E-state index in [2.05, 4.69) is 0 Å². The van der Waals surface area contributed by atoms with E-state index in [9.17, 15) is 30.8 Å². The molecule has 1 aliphatic rings. The number of hydrogen-bond donors (Lipinski definition) is 0. The van der Waals surface area contributed by atoms with Gasteiger partial charge < -0.3 is 9.64 Å². The summed E-state index contributed by atoms with van der Waals surface area (Å²) >= 11 is 0. The van der Waals surface area contributed by atoms with Gasteiger partial charge in [0.05, 0.1) is 10.5 Å². The Morgan fingerprint density at radius 1 is 1.00 bits per heavy atom. The first-order chi connectivity index (χ1) is 14.1. The second-order valence-electron chi connectivity index (χ2n) is 6.56. The fraction of sp³-hybridized carbons (Fsp3) is 0.316. The monoisotopic (exact) mass is 446 g/mol. The summed E-state index contributed by atoms with van der Waals surface area (Å²) in [6.07, 6.45) is -4.65. The highest BCUT2D eigenvalue weighted by atomic mass is 32.2. The Labute approximate surface area is 170 Å². The number of carbonyl (C=O) groups is 1. The summed E-state index contributed by atoms with van der Waals surface area (Å²) in [5, 5.41) is 0. The van der Waals surface area contributed by atoms with E-state index in [1.807, 2.05) is 0 Å². The third-order valence-electron chi connectivity index (χ3n) is 4.55. The summed E-state index contributed by atoms with van der Waals surface area (Å²) < 4.78 is 83.4. The Balaban J connectivity index is 1.60. The first-order valence-electron chi connectivity index (χ1n) is 8.91. The zero-order chi connectivity index (χ0) is 21.9. The smallest absolute Gasteiger partial charge is 0.416 e. The fourth-order valence-electron chi connectivity index (χ4n) is 2.95. The molecule has 6 nitrogen and oxygen atoms in total. The molecule has 30 heavy (non-hydrogen) atoms. The molecule has 1 fully saturated rings. The van der Waals surface area contributed by atoms with E-state index in [4.69, 9.17) is 4.74 Å². The average molecular weight is 446 g/mol. The van der Waals surface area contributed by atoms with Crippen LogP contribution in [0.15, 0.2) is 53.4 Å². The van der Waals surface area contributed by atoms with E-state index >= 15 is 0 Å². The first-order valence-corrected chi connectivity index (χ1v) is 10.3. The summed E-state index contributed by atoms with van der Waals surface area (Å²) in [6.45, 7) is -0.356. The average Bonchev–Trinajstić information content (AvgIpc) is 2.71. The van der Waals surface area contributed by atoms with Crippen molar-refractivity contribution in [1.82, 2.24) is 9.21 Å². The number of hydrogen-bond acceptors (Lipinski definition) is 4. The highest BCUT2D eigenvalue weighted by Gasteiger charge is 2.34. The molecule has 0 aromatic heterocycles. The van der Waals surface area contributed by atoms with Gasteiger partial charge in [0.2, 0.25) is 10.0 Å². The number of rotatable bonds is 5. The highest BCUT2D eigenvalue weighted by Crippen LogP contribution is 2.31. The Bertz CT molecular complexity index is 1020. The molecule has 0 N–H and O–H groups in total. The molecule has 0 bridgehead atoms. The molecule has 0 saturated carbocycles. The van der Waals surface area contributed by atoms with Gasteiger partial charge in [-0.15, -0.1) is 0 Å². The van der Waals surface area contributed by atoms with Gasteiger partial charge in [-0.2, -0.15) is 17.5 Å². The van der Waals surface area contributed by atoms with Gasteiger partial charge in [-0.3, -0.25) is 4.79 Å². The molecule has 11 heteroatoms. The van der Waals surface area contributed by atoms with Crippen molar-refractivity contribution >= 4 is 15.9 Å². The van der Waals surface area contributed by atoms with Crippen LogP contribution in [-0.2, 0) is 21.0 Å². The maximum Gasteiger partial charge on any atom is 0.416 e. The zero-order valence-corrected chi connectivity index (χ0v) is 16.4. The van der Waals surface area contributed by atoms with Crippen molar-refractivity contribution in [2.45, 2.75) is 11.1 Å². The van der Waals surface area contributed by atoms with Gasteiger partial charge in [0.15, 0.2) is 6.61 Å². The van der Waals surface area contributed by atoms with E-state index in [1.54, 1.807) is 0 Å². The van der Waals surface area contributed by atoms with Crippen LogP contribution in [0.4, 0.5) is 17.6 Å². The molecule has 0 aliphatic carbocycles. The fourth-order valence-corrected chi connectivity index (χ4v) is 4.42. The number of ether oxygens (including phenoxy) is 1. The largest absolute Gasteiger partial charge is 0.484 e. The van der Waals surface area contributed by atoms with Crippen molar-refractivity contribution in [1.29, 1.82) is 0 Å². The lowest BCUT2D eigenvalue weighted by atomic mass is 10.2. The molecule has 0 radical (unpaired) electrons. The summed E-state index contributed by atoms with van der Waals surface area (Å²) in [5.41, 5.74) is -1.05. The second-order valence-corrected chi connectivity index (χ2v) is 8.49. The Kier molecular flexibility index (Phi) is 6.32. The third kappa shape index (κ3) is 5.08. The molecule has 1 heterocycles.